The molecule has 1 aromatic carbocycles. The van der Waals surface area contributed by atoms with E-state index in [-0.39, 0.29) is 5.56 Å². The van der Waals surface area contributed by atoms with E-state index < -0.39 is 0 Å². The lowest BCUT2D eigenvalue weighted by molar-refractivity contribution is 0.914. The van der Waals surface area contributed by atoms with Gasteiger partial charge < -0.3 is 10.3 Å². The summed E-state index contributed by atoms with van der Waals surface area (Å²) >= 11 is 0. The highest BCUT2D eigenvalue weighted by molar-refractivity contribution is 5.77. The number of hydrogen-bond donors (Lipinski definition) is 2. The standard InChI is InChI=1S/C16H17N5O/c1-3-11-8-14(19-10(2)18-11)17-9-15-20-13-7-5-4-6-12(13)16(22)21-15/h4-8H,3,9H2,1-2H3,(H,17,18,19)(H,20,21,22). The Kier molecular flexibility index (Phi) is 3.82. The second kappa shape index (κ2) is 5.93. The first-order valence-electron chi connectivity index (χ1n) is 7.22. The van der Waals surface area contributed by atoms with E-state index in [4.69, 9.17) is 0 Å². The van der Waals surface area contributed by atoms with Gasteiger partial charge in [-0.3, -0.25) is 4.79 Å². The zero-order chi connectivity index (χ0) is 15.5. The average Bonchev–Trinajstić information content (AvgIpc) is 2.52. The Morgan fingerprint density at radius 2 is 2.00 bits per heavy atom. The Hall–Kier alpha value is -2.76. The maximum Gasteiger partial charge on any atom is 0.258 e. The number of fused-ring (bicyclic) bond motifs is 1. The summed E-state index contributed by atoms with van der Waals surface area (Å²) < 4.78 is 0. The summed E-state index contributed by atoms with van der Waals surface area (Å²) in [7, 11) is 0. The summed E-state index contributed by atoms with van der Waals surface area (Å²) in [4.78, 5) is 27.9. The molecule has 0 saturated carbocycles. The first-order valence-corrected chi connectivity index (χ1v) is 7.22. The van der Waals surface area contributed by atoms with Crippen molar-refractivity contribution in [1.82, 2.24) is 19.9 Å². The van der Waals surface area contributed by atoms with Crippen molar-refractivity contribution in [2.45, 2.75) is 26.8 Å². The van der Waals surface area contributed by atoms with Gasteiger partial charge in [-0.25, -0.2) is 15.0 Å². The highest BCUT2D eigenvalue weighted by Gasteiger charge is 2.05. The minimum absolute atomic E-state index is 0.129. The zero-order valence-electron chi connectivity index (χ0n) is 12.6. The quantitative estimate of drug-likeness (QED) is 0.771. The summed E-state index contributed by atoms with van der Waals surface area (Å²) in [5.74, 6) is 2.04. The summed E-state index contributed by atoms with van der Waals surface area (Å²) in [6, 6.07) is 9.20. The molecule has 6 nitrogen and oxygen atoms in total. The van der Waals surface area contributed by atoms with Crippen molar-refractivity contribution in [2.75, 3.05) is 5.32 Å². The largest absolute Gasteiger partial charge is 0.363 e. The van der Waals surface area contributed by atoms with Crippen molar-refractivity contribution >= 4 is 16.7 Å². The number of rotatable bonds is 4. The van der Waals surface area contributed by atoms with Crippen LogP contribution < -0.4 is 10.9 Å². The van der Waals surface area contributed by atoms with Crippen LogP contribution in [0.25, 0.3) is 10.9 Å². The molecule has 22 heavy (non-hydrogen) atoms. The normalized spacial score (nSPS) is 10.8. The average molecular weight is 295 g/mol. The number of H-pyrrole nitrogens is 1. The van der Waals surface area contributed by atoms with Crippen LogP contribution in [0.15, 0.2) is 35.1 Å². The van der Waals surface area contributed by atoms with Gasteiger partial charge in [-0.1, -0.05) is 19.1 Å². The van der Waals surface area contributed by atoms with Gasteiger partial charge in [0.1, 0.15) is 17.5 Å². The molecule has 0 atom stereocenters. The van der Waals surface area contributed by atoms with Crippen molar-refractivity contribution in [3.8, 4) is 0 Å². The van der Waals surface area contributed by atoms with Crippen LogP contribution in [0.5, 0.6) is 0 Å². The molecular formula is C16H17N5O. The number of anilines is 1. The van der Waals surface area contributed by atoms with Crippen LogP contribution in [-0.4, -0.2) is 19.9 Å². The van der Waals surface area contributed by atoms with E-state index in [0.29, 0.717) is 23.3 Å². The van der Waals surface area contributed by atoms with Gasteiger partial charge in [0, 0.05) is 11.8 Å². The van der Waals surface area contributed by atoms with E-state index in [0.717, 1.165) is 23.8 Å². The minimum Gasteiger partial charge on any atom is -0.363 e. The predicted octanol–water partition coefficient (Wildman–Crippen LogP) is 2.20. The molecule has 0 saturated heterocycles. The van der Waals surface area contributed by atoms with Gasteiger partial charge in [-0.05, 0) is 25.5 Å². The van der Waals surface area contributed by atoms with Crippen LogP contribution in [0.3, 0.4) is 0 Å². The molecule has 0 aliphatic carbocycles. The van der Waals surface area contributed by atoms with Gasteiger partial charge in [0.2, 0.25) is 0 Å². The molecular weight excluding hydrogens is 278 g/mol. The molecule has 0 radical (unpaired) electrons. The third-order valence-electron chi connectivity index (χ3n) is 3.35. The van der Waals surface area contributed by atoms with Gasteiger partial charge in [0.15, 0.2) is 0 Å². The molecule has 3 rings (SSSR count). The molecule has 6 heteroatoms. The second-order valence-electron chi connectivity index (χ2n) is 5.03. The van der Waals surface area contributed by atoms with Gasteiger partial charge in [-0.2, -0.15) is 0 Å². The summed E-state index contributed by atoms with van der Waals surface area (Å²) in [5.41, 5.74) is 1.54. The summed E-state index contributed by atoms with van der Waals surface area (Å²) in [6.45, 7) is 4.31. The van der Waals surface area contributed by atoms with Gasteiger partial charge in [-0.15, -0.1) is 0 Å². The fourth-order valence-corrected chi connectivity index (χ4v) is 2.29. The highest BCUT2D eigenvalue weighted by Crippen LogP contribution is 2.09. The summed E-state index contributed by atoms with van der Waals surface area (Å²) in [6.07, 6.45) is 0.850. The molecule has 0 bridgehead atoms. The predicted molar refractivity (Wildman–Crippen MR) is 85.8 cm³/mol. The zero-order valence-corrected chi connectivity index (χ0v) is 12.6. The van der Waals surface area contributed by atoms with E-state index in [1.165, 1.54) is 0 Å². The van der Waals surface area contributed by atoms with Crippen molar-refractivity contribution in [2.24, 2.45) is 0 Å². The number of para-hydroxylation sites is 1. The van der Waals surface area contributed by atoms with Gasteiger partial charge in [0.25, 0.3) is 5.56 Å². The molecule has 0 aliphatic heterocycles. The maximum atomic E-state index is 12.0. The monoisotopic (exact) mass is 295 g/mol. The number of nitrogens with one attached hydrogen (secondary N) is 2. The molecule has 0 aliphatic rings. The minimum atomic E-state index is -0.129. The van der Waals surface area contributed by atoms with Gasteiger partial charge in [0.05, 0.1) is 17.4 Å². The van der Waals surface area contributed by atoms with E-state index in [1.807, 2.05) is 38.1 Å². The smallest absolute Gasteiger partial charge is 0.258 e. The van der Waals surface area contributed by atoms with Crippen LogP contribution >= 0.6 is 0 Å². The topological polar surface area (TPSA) is 83.6 Å². The number of hydrogen-bond acceptors (Lipinski definition) is 5. The Balaban J connectivity index is 1.85. The molecule has 2 N–H and O–H groups in total. The molecule has 0 spiro atoms. The van der Waals surface area contributed by atoms with Crippen LogP contribution in [0, 0.1) is 6.92 Å². The van der Waals surface area contributed by atoms with Crippen molar-refractivity contribution in [3.05, 3.63) is 58.0 Å². The SMILES string of the molecule is CCc1cc(NCc2nc3ccccc3c(=O)[nH]2)nc(C)n1. The Morgan fingerprint density at radius 1 is 1.18 bits per heavy atom. The van der Waals surface area contributed by atoms with Crippen molar-refractivity contribution in [1.29, 1.82) is 0 Å². The van der Waals surface area contributed by atoms with E-state index in [1.54, 1.807) is 6.07 Å². The number of aromatic nitrogens is 4. The highest BCUT2D eigenvalue weighted by atomic mass is 16.1. The second-order valence-corrected chi connectivity index (χ2v) is 5.03. The summed E-state index contributed by atoms with van der Waals surface area (Å²) in [5, 5.41) is 3.78. The van der Waals surface area contributed by atoms with E-state index in [9.17, 15) is 4.79 Å². The number of aromatic amines is 1. The van der Waals surface area contributed by atoms with E-state index >= 15 is 0 Å². The number of benzene rings is 1. The Morgan fingerprint density at radius 3 is 2.82 bits per heavy atom. The third-order valence-corrected chi connectivity index (χ3v) is 3.35. The first-order chi connectivity index (χ1) is 10.7. The number of nitrogens with zero attached hydrogens (tertiary/aromatic N) is 3. The molecule has 0 amide bonds. The molecule has 2 heterocycles. The molecule has 3 aromatic rings. The maximum absolute atomic E-state index is 12.0. The van der Waals surface area contributed by atoms with Crippen molar-refractivity contribution < 1.29 is 0 Å². The van der Waals surface area contributed by atoms with Crippen LogP contribution in [0.2, 0.25) is 0 Å². The molecule has 0 unspecified atom stereocenters. The fourth-order valence-electron chi connectivity index (χ4n) is 2.29. The van der Waals surface area contributed by atoms with Crippen molar-refractivity contribution in [3.63, 3.8) is 0 Å². The van der Waals surface area contributed by atoms with Crippen LogP contribution in [0.1, 0.15) is 24.3 Å². The third kappa shape index (κ3) is 2.95. The van der Waals surface area contributed by atoms with E-state index in [2.05, 4.69) is 25.3 Å². The molecule has 0 fully saturated rings. The number of aryl methyl sites for hydroxylation is 2. The molecule has 2 aromatic heterocycles. The fraction of sp³-hybridized carbons (Fsp3) is 0.250. The Bertz CT molecular complexity index is 872. The van der Waals surface area contributed by atoms with Crippen LogP contribution in [-0.2, 0) is 13.0 Å². The first kappa shape index (κ1) is 14.2. The van der Waals surface area contributed by atoms with Crippen LogP contribution in [0.4, 0.5) is 5.82 Å². The Labute approximate surface area is 127 Å². The lowest BCUT2D eigenvalue weighted by Crippen LogP contribution is -2.15. The lowest BCUT2D eigenvalue weighted by Gasteiger charge is -2.08. The lowest BCUT2D eigenvalue weighted by atomic mass is 10.2. The molecule has 112 valence electrons. The van der Waals surface area contributed by atoms with Gasteiger partial charge >= 0.3 is 0 Å².